The summed E-state index contributed by atoms with van der Waals surface area (Å²) in [5.41, 5.74) is 2.23. The number of Topliss-reactive ketones (excluding diaryl/α,β-unsaturated/α-hetero) is 1. The number of benzene rings is 1. The molecule has 0 spiro atoms. The van der Waals surface area contributed by atoms with Crippen molar-refractivity contribution in [3.63, 3.8) is 0 Å². The standard InChI is InChI=1S/C18H22O5S.H3N/c1-18-9-8-14-13-5-3-12(23-24(20,21)22)10-11(13)2-4-15(14)16(18)6-7-17(18)19;/h3,5,10,14-16H,2,4,6-9H2,1H3,(H,20,21,22);1H3/t14-,15-,16+,18+;/m1./s1. The number of rotatable bonds is 2. The van der Waals surface area contributed by atoms with Crippen LogP contribution in [0.1, 0.15) is 56.1 Å². The molecule has 0 bridgehead atoms. The molecule has 0 unspecified atom stereocenters. The number of aryl methyl sites for hydroxylation is 1. The lowest BCUT2D eigenvalue weighted by Gasteiger charge is -2.48. The fraction of sp³-hybridized carbons (Fsp3) is 0.611. The van der Waals surface area contributed by atoms with Gasteiger partial charge in [0.25, 0.3) is 0 Å². The summed E-state index contributed by atoms with van der Waals surface area (Å²) >= 11 is 0. The van der Waals surface area contributed by atoms with Crippen molar-refractivity contribution in [1.29, 1.82) is 0 Å². The molecule has 4 rings (SSSR count). The van der Waals surface area contributed by atoms with Gasteiger partial charge < -0.3 is 10.3 Å². The molecule has 4 N–H and O–H groups in total. The first-order valence-corrected chi connectivity index (χ1v) is 9.97. The highest BCUT2D eigenvalue weighted by Gasteiger charge is 2.54. The van der Waals surface area contributed by atoms with E-state index in [0.29, 0.717) is 23.5 Å². The molecule has 1 aromatic rings. The van der Waals surface area contributed by atoms with Crippen LogP contribution in [0.4, 0.5) is 0 Å². The van der Waals surface area contributed by atoms with Crippen LogP contribution in [0.3, 0.4) is 0 Å². The lowest BCUT2D eigenvalue weighted by molar-refractivity contribution is -0.129. The molecule has 4 atom stereocenters. The molecule has 0 amide bonds. The Labute approximate surface area is 148 Å². The topological polar surface area (TPSA) is 116 Å². The molecule has 138 valence electrons. The van der Waals surface area contributed by atoms with E-state index in [2.05, 4.69) is 11.1 Å². The average molecular weight is 367 g/mol. The fourth-order valence-corrected chi connectivity index (χ4v) is 5.85. The van der Waals surface area contributed by atoms with Crippen molar-refractivity contribution in [2.45, 2.75) is 51.4 Å². The SMILES string of the molecule is C[C@]12CC[C@@H]3c4ccc(OS(=O)(=O)O)cc4CC[C@H]3[C@@H]1CCC2=O.N. The summed E-state index contributed by atoms with van der Waals surface area (Å²) in [4.78, 5) is 12.3. The lowest BCUT2D eigenvalue weighted by atomic mass is 9.55. The number of carbonyl (C=O) groups excluding carboxylic acids is 1. The molecule has 0 aliphatic heterocycles. The van der Waals surface area contributed by atoms with Crippen LogP contribution in [0.15, 0.2) is 18.2 Å². The highest BCUT2D eigenvalue weighted by Crippen LogP contribution is 2.59. The summed E-state index contributed by atoms with van der Waals surface area (Å²) in [5, 5.41) is 0. The van der Waals surface area contributed by atoms with Gasteiger partial charge in [0.2, 0.25) is 0 Å². The average Bonchev–Trinajstić information content (AvgIpc) is 2.81. The largest absolute Gasteiger partial charge is 0.446 e. The Morgan fingerprint density at radius 1 is 1.20 bits per heavy atom. The van der Waals surface area contributed by atoms with E-state index in [1.165, 1.54) is 5.56 Å². The van der Waals surface area contributed by atoms with Gasteiger partial charge in [-0.15, -0.1) is 0 Å². The number of hydrogen-bond acceptors (Lipinski definition) is 5. The molecule has 3 aliphatic carbocycles. The van der Waals surface area contributed by atoms with Crippen LogP contribution in [0.2, 0.25) is 0 Å². The molecule has 2 saturated carbocycles. The van der Waals surface area contributed by atoms with Gasteiger partial charge in [-0.2, -0.15) is 8.42 Å². The van der Waals surface area contributed by atoms with Gasteiger partial charge in [-0.1, -0.05) is 13.0 Å². The van der Waals surface area contributed by atoms with E-state index < -0.39 is 10.4 Å². The summed E-state index contributed by atoms with van der Waals surface area (Å²) in [6.07, 6.45) is 5.57. The zero-order valence-electron chi connectivity index (χ0n) is 14.4. The Balaban J connectivity index is 0.00000182. The summed E-state index contributed by atoms with van der Waals surface area (Å²) in [5.74, 6) is 2.05. The molecule has 0 saturated heterocycles. The Hall–Kier alpha value is -1.44. The maximum atomic E-state index is 12.3. The first-order valence-electron chi connectivity index (χ1n) is 8.61. The fourth-order valence-electron chi connectivity index (χ4n) is 5.50. The predicted octanol–water partition coefficient (Wildman–Crippen LogP) is 3.46. The maximum Gasteiger partial charge on any atom is 0.446 e. The molecule has 0 heterocycles. The highest BCUT2D eigenvalue weighted by molar-refractivity contribution is 7.81. The van der Waals surface area contributed by atoms with Crippen molar-refractivity contribution in [3.8, 4) is 5.75 Å². The van der Waals surface area contributed by atoms with Gasteiger partial charge in [0.1, 0.15) is 11.5 Å². The quantitative estimate of drug-likeness (QED) is 0.773. The van der Waals surface area contributed by atoms with Crippen LogP contribution in [-0.2, 0) is 21.6 Å². The molecular formula is C18H25NO5S. The molecule has 2 fully saturated rings. The van der Waals surface area contributed by atoms with E-state index in [9.17, 15) is 13.2 Å². The second-order valence-corrected chi connectivity index (χ2v) is 8.73. The zero-order valence-corrected chi connectivity index (χ0v) is 15.2. The second-order valence-electron chi connectivity index (χ2n) is 7.71. The van der Waals surface area contributed by atoms with Crippen molar-refractivity contribution >= 4 is 16.2 Å². The van der Waals surface area contributed by atoms with Crippen LogP contribution in [0, 0.1) is 17.3 Å². The molecule has 0 radical (unpaired) electrons. The van der Waals surface area contributed by atoms with Crippen molar-refractivity contribution in [3.05, 3.63) is 29.3 Å². The van der Waals surface area contributed by atoms with Crippen molar-refractivity contribution in [2.24, 2.45) is 17.3 Å². The third kappa shape index (κ3) is 2.98. The summed E-state index contributed by atoms with van der Waals surface area (Å²) in [6.45, 7) is 2.15. The molecule has 25 heavy (non-hydrogen) atoms. The monoisotopic (exact) mass is 367 g/mol. The van der Waals surface area contributed by atoms with E-state index in [1.807, 2.05) is 6.07 Å². The van der Waals surface area contributed by atoms with Gasteiger partial charge in [-0.25, -0.2) is 0 Å². The van der Waals surface area contributed by atoms with Crippen molar-refractivity contribution in [2.75, 3.05) is 0 Å². The van der Waals surface area contributed by atoms with Crippen LogP contribution in [0.25, 0.3) is 0 Å². The lowest BCUT2D eigenvalue weighted by Crippen LogP contribution is -2.42. The minimum absolute atomic E-state index is 0. The van der Waals surface area contributed by atoms with Crippen LogP contribution < -0.4 is 10.3 Å². The molecule has 1 aromatic carbocycles. The van der Waals surface area contributed by atoms with Gasteiger partial charge in [-0.3, -0.25) is 9.35 Å². The van der Waals surface area contributed by atoms with Gasteiger partial charge in [-0.05, 0) is 73.1 Å². The normalized spacial score (nSPS) is 33.7. The molecule has 6 nitrogen and oxygen atoms in total. The third-order valence-electron chi connectivity index (χ3n) is 6.61. The Morgan fingerprint density at radius 3 is 2.68 bits per heavy atom. The Bertz CT molecular complexity index is 806. The van der Waals surface area contributed by atoms with E-state index in [1.54, 1.807) is 12.1 Å². The summed E-state index contributed by atoms with van der Waals surface area (Å²) < 4.78 is 35.2. The van der Waals surface area contributed by atoms with Gasteiger partial charge in [0.15, 0.2) is 0 Å². The van der Waals surface area contributed by atoms with E-state index >= 15 is 0 Å². The predicted molar refractivity (Wildman–Crippen MR) is 93.3 cm³/mol. The zero-order chi connectivity index (χ0) is 17.1. The van der Waals surface area contributed by atoms with E-state index in [0.717, 1.165) is 44.1 Å². The third-order valence-corrected chi connectivity index (χ3v) is 7.01. The number of ketones is 1. The van der Waals surface area contributed by atoms with Crippen LogP contribution in [0.5, 0.6) is 5.75 Å². The van der Waals surface area contributed by atoms with Gasteiger partial charge in [0.05, 0.1) is 0 Å². The maximum absolute atomic E-state index is 12.3. The van der Waals surface area contributed by atoms with Crippen molar-refractivity contribution in [1.82, 2.24) is 6.15 Å². The summed E-state index contributed by atoms with van der Waals surface area (Å²) in [6, 6.07) is 5.28. The smallest absolute Gasteiger partial charge is 0.362 e. The number of hydrogen-bond donors (Lipinski definition) is 2. The first-order chi connectivity index (χ1) is 11.3. The molecule has 7 heteroatoms. The minimum Gasteiger partial charge on any atom is -0.362 e. The Morgan fingerprint density at radius 2 is 1.96 bits per heavy atom. The van der Waals surface area contributed by atoms with Crippen molar-refractivity contribution < 1.29 is 21.9 Å². The summed E-state index contributed by atoms with van der Waals surface area (Å²) in [7, 11) is -4.49. The van der Waals surface area contributed by atoms with Gasteiger partial charge >= 0.3 is 10.4 Å². The second kappa shape index (κ2) is 6.07. The molecule has 3 aliphatic rings. The molecule has 0 aromatic heterocycles. The first kappa shape index (κ1) is 18.4. The Kier molecular flexibility index (Phi) is 4.46. The molecular weight excluding hydrogens is 342 g/mol. The number of fused-ring (bicyclic) bond motifs is 5. The van der Waals surface area contributed by atoms with Crippen LogP contribution >= 0.6 is 0 Å². The van der Waals surface area contributed by atoms with E-state index in [4.69, 9.17) is 4.55 Å². The number of carbonyl (C=O) groups is 1. The van der Waals surface area contributed by atoms with E-state index in [-0.39, 0.29) is 17.3 Å². The highest BCUT2D eigenvalue weighted by atomic mass is 32.3. The van der Waals surface area contributed by atoms with Crippen LogP contribution in [-0.4, -0.2) is 18.8 Å². The minimum atomic E-state index is -4.49. The van der Waals surface area contributed by atoms with Gasteiger partial charge in [0, 0.05) is 11.8 Å².